The minimum atomic E-state index is -5.00. The molecule has 2 aliphatic rings. The number of hydrogen-bond donors (Lipinski definition) is 5. The number of amides is 3. The Hall–Kier alpha value is -2.84. The lowest BCUT2D eigenvalue weighted by Gasteiger charge is -2.34. The van der Waals surface area contributed by atoms with E-state index in [2.05, 4.69) is 16.0 Å². The van der Waals surface area contributed by atoms with Crippen LogP contribution in [-0.4, -0.2) is 72.1 Å². The minimum Gasteiger partial charge on any atom is -0.446 e. The minimum absolute atomic E-state index is 0.110. The first-order valence-corrected chi connectivity index (χ1v) is 15.8. The van der Waals surface area contributed by atoms with E-state index in [4.69, 9.17) is 4.74 Å². The Labute approximate surface area is 244 Å². The maximum atomic E-state index is 13.8. The highest BCUT2D eigenvalue weighted by atomic mass is 32.2. The summed E-state index contributed by atoms with van der Waals surface area (Å²) in [5.74, 6) is -5.12. The molecule has 1 aliphatic heterocycles. The number of aliphatic hydroxyl groups excluding tert-OH is 1. The average Bonchev–Trinajstić information content (AvgIpc) is 3.30. The Bertz CT molecular complexity index is 1170. The monoisotopic (exact) mass is 617 g/mol. The third-order valence-electron chi connectivity index (χ3n) is 7.82. The van der Waals surface area contributed by atoms with Crippen LogP contribution in [0.15, 0.2) is 30.3 Å². The molecule has 0 spiro atoms. The van der Waals surface area contributed by atoms with Crippen LogP contribution in [0.1, 0.15) is 64.4 Å². The van der Waals surface area contributed by atoms with Gasteiger partial charge in [0.05, 0.1) is 6.04 Å². The van der Waals surface area contributed by atoms with Gasteiger partial charge in [0.2, 0.25) is 23.2 Å². The third-order valence-corrected chi connectivity index (χ3v) is 8.76. The lowest BCUT2D eigenvalue weighted by Crippen LogP contribution is -2.55. The Morgan fingerprint density at radius 2 is 1.76 bits per heavy atom. The third kappa shape index (κ3) is 10.2. The van der Waals surface area contributed by atoms with Gasteiger partial charge in [0, 0.05) is 31.7 Å². The van der Waals surface area contributed by atoms with Crippen molar-refractivity contribution in [2.75, 3.05) is 6.54 Å². The van der Waals surface area contributed by atoms with Crippen LogP contribution in [-0.2, 0) is 30.9 Å². The Kier molecular flexibility index (Phi) is 11.7. The van der Waals surface area contributed by atoms with Gasteiger partial charge < -0.3 is 25.8 Å². The Morgan fingerprint density at radius 3 is 2.31 bits per heavy atom. The van der Waals surface area contributed by atoms with Crippen molar-refractivity contribution in [3.8, 4) is 0 Å². The van der Waals surface area contributed by atoms with Crippen LogP contribution in [0.4, 0.5) is 13.6 Å². The zero-order chi connectivity index (χ0) is 31.1. The molecule has 1 aromatic carbocycles. The van der Waals surface area contributed by atoms with E-state index in [9.17, 15) is 41.2 Å². The van der Waals surface area contributed by atoms with Gasteiger partial charge in [-0.15, -0.1) is 0 Å². The van der Waals surface area contributed by atoms with Crippen molar-refractivity contribution in [1.82, 2.24) is 16.0 Å². The molecule has 11 nitrogen and oxygen atoms in total. The van der Waals surface area contributed by atoms with Gasteiger partial charge in [-0.3, -0.25) is 14.1 Å². The summed E-state index contributed by atoms with van der Waals surface area (Å²) in [6.07, 6.45) is -1.50. The summed E-state index contributed by atoms with van der Waals surface area (Å²) in [6, 6.07) is 6.38. The number of hydrogen-bond acceptors (Lipinski definition) is 7. The highest BCUT2D eigenvalue weighted by Gasteiger charge is 2.40. The number of carbonyl (C=O) groups is 3. The molecule has 14 heteroatoms. The Balaban J connectivity index is 1.74. The maximum absolute atomic E-state index is 13.8. The van der Waals surface area contributed by atoms with Crippen LogP contribution >= 0.6 is 0 Å². The molecule has 0 radical (unpaired) electrons. The molecule has 0 bridgehead atoms. The molecule has 1 aromatic rings. The first-order valence-electron chi connectivity index (χ1n) is 14.3. The lowest BCUT2D eigenvalue weighted by molar-refractivity contribution is -0.126. The normalized spacial score (nSPS) is 22.1. The van der Waals surface area contributed by atoms with Gasteiger partial charge in [0.1, 0.15) is 12.1 Å². The highest BCUT2D eigenvalue weighted by molar-refractivity contribution is 7.86. The first kappa shape index (κ1) is 33.7. The number of ether oxygens (including phenoxy) is 1. The number of halogens is 2. The predicted octanol–water partition coefficient (Wildman–Crippen LogP) is 2.78. The molecular formula is C28H41F2N3O8S. The van der Waals surface area contributed by atoms with Crippen molar-refractivity contribution in [1.29, 1.82) is 0 Å². The van der Waals surface area contributed by atoms with Crippen LogP contribution in [0.5, 0.6) is 0 Å². The molecule has 5 N–H and O–H groups in total. The largest absolute Gasteiger partial charge is 0.446 e. The number of carbonyl (C=O) groups excluding carboxylic acids is 3. The van der Waals surface area contributed by atoms with Crippen LogP contribution in [0.3, 0.4) is 0 Å². The van der Waals surface area contributed by atoms with E-state index in [1.807, 2.05) is 30.3 Å². The van der Waals surface area contributed by atoms with Crippen molar-refractivity contribution in [3.05, 3.63) is 35.9 Å². The highest BCUT2D eigenvalue weighted by Crippen LogP contribution is 2.39. The molecule has 0 aromatic heterocycles. The van der Waals surface area contributed by atoms with E-state index in [0.29, 0.717) is 13.0 Å². The van der Waals surface area contributed by atoms with Crippen LogP contribution in [0.25, 0.3) is 0 Å². The molecular weight excluding hydrogens is 576 g/mol. The fraction of sp³-hybridized carbons (Fsp3) is 0.679. The molecule has 3 amide bonds. The number of alkyl carbamates (subject to hydrolysis) is 1. The van der Waals surface area contributed by atoms with Crippen LogP contribution in [0.2, 0.25) is 0 Å². The molecule has 1 saturated heterocycles. The Morgan fingerprint density at radius 1 is 1.12 bits per heavy atom. The van der Waals surface area contributed by atoms with Gasteiger partial charge in [0.25, 0.3) is 10.1 Å². The van der Waals surface area contributed by atoms with E-state index >= 15 is 0 Å². The summed E-state index contributed by atoms with van der Waals surface area (Å²) in [4.78, 5) is 38.5. The molecule has 1 heterocycles. The summed E-state index contributed by atoms with van der Waals surface area (Å²) in [7, 11) is -5.00. The average molecular weight is 618 g/mol. The zero-order valence-corrected chi connectivity index (χ0v) is 24.6. The zero-order valence-electron chi connectivity index (χ0n) is 23.8. The van der Waals surface area contributed by atoms with Gasteiger partial charge in [0.15, 0.2) is 0 Å². The van der Waals surface area contributed by atoms with E-state index in [-0.39, 0.29) is 62.7 Å². The standard InChI is InChI=1S/C28H41F2N3O8S/c1-17(2)14-21(25(35)32-22(26(36)42(38,39)40)16-20-10-13-31-24(20)34)33-27(37)41-23(15-18-6-4-3-5-7-18)19-8-11-28(29,30)12-9-19/h3-7,17,19-23,26,36H,8-16H2,1-2H3,(H,31,34)(H,32,35)(H,33,37)(H,38,39,40)/t20-,21-,22-,23-,26?/m0/s1. The van der Waals surface area contributed by atoms with E-state index in [1.54, 1.807) is 13.8 Å². The topological polar surface area (TPSA) is 171 Å². The van der Waals surface area contributed by atoms with Crippen LogP contribution in [0, 0.1) is 17.8 Å². The fourth-order valence-corrected chi connectivity index (χ4v) is 6.11. The van der Waals surface area contributed by atoms with Gasteiger partial charge in [-0.1, -0.05) is 44.2 Å². The van der Waals surface area contributed by atoms with Crippen molar-refractivity contribution in [3.63, 3.8) is 0 Å². The summed E-state index contributed by atoms with van der Waals surface area (Å²) in [5, 5.41) is 17.8. The van der Waals surface area contributed by atoms with Gasteiger partial charge in [-0.2, -0.15) is 8.42 Å². The maximum Gasteiger partial charge on any atom is 0.408 e. The fourth-order valence-electron chi connectivity index (χ4n) is 5.52. The number of alkyl halides is 2. The van der Waals surface area contributed by atoms with Crippen molar-refractivity contribution >= 4 is 28.0 Å². The molecule has 5 atom stereocenters. The molecule has 1 saturated carbocycles. The van der Waals surface area contributed by atoms with Crippen molar-refractivity contribution < 1.29 is 46.0 Å². The molecule has 1 unspecified atom stereocenters. The van der Waals surface area contributed by atoms with E-state index in [1.165, 1.54) is 0 Å². The molecule has 42 heavy (non-hydrogen) atoms. The first-order chi connectivity index (χ1) is 19.6. The molecule has 236 valence electrons. The van der Waals surface area contributed by atoms with Crippen LogP contribution < -0.4 is 16.0 Å². The summed E-state index contributed by atoms with van der Waals surface area (Å²) in [6.45, 7) is 3.93. The summed E-state index contributed by atoms with van der Waals surface area (Å²) >= 11 is 0. The molecule has 3 rings (SSSR count). The quantitative estimate of drug-likeness (QED) is 0.210. The predicted molar refractivity (Wildman–Crippen MR) is 149 cm³/mol. The second-order valence-corrected chi connectivity index (χ2v) is 13.2. The van der Waals surface area contributed by atoms with Crippen molar-refractivity contribution in [2.24, 2.45) is 17.8 Å². The summed E-state index contributed by atoms with van der Waals surface area (Å²) < 4.78 is 66.3. The number of rotatable bonds is 13. The number of aliphatic hydroxyl groups is 1. The van der Waals surface area contributed by atoms with E-state index in [0.717, 1.165) is 5.56 Å². The smallest absolute Gasteiger partial charge is 0.408 e. The summed E-state index contributed by atoms with van der Waals surface area (Å²) in [5.41, 5.74) is -1.55. The molecule has 1 aliphatic carbocycles. The van der Waals surface area contributed by atoms with Gasteiger partial charge in [-0.05, 0) is 49.5 Å². The van der Waals surface area contributed by atoms with Gasteiger partial charge >= 0.3 is 6.09 Å². The number of nitrogens with one attached hydrogen (secondary N) is 3. The second kappa shape index (κ2) is 14.6. The number of benzene rings is 1. The SMILES string of the molecule is CC(C)C[C@H](NC(=O)O[C@@H](Cc1ccccc1)C1CCC(F)(F)CC1)C(=O)N[C@@H](C[C@@H]1CCNC1=O)C(O)S(=O)(=O)O. The molecule has 2 fully saturated rings. The lowest BCUT2D eigenvalue weighted by atomic mass is 9.81. The van der Waals surface area contributed by atoms with Gasteiger partial charge in [-0.25, -0.2) is 13.6 Å². The van der Waals surface area contributed by atoms with E-state index < -0.39 is 57.6 Å². The van der Waals surface area contributed by atoms with Crippen molar-refractivity contribution in [2.45, 2.75) is 94.8 Å². The second-order valence-electron chi connectivity index (χ2n) is 11.7.